The highest BCUT2D eigenvalue weighted by Crippen LogP contribution is 2.36. The Morgan fingerprint density at radius 2 is 2.04 bits per heavy atom. The number of rotatable bonds is 4. The van der Waals surface area contributed by atoms with E-state index in [2.05, 4.69) is 15.6 Å². The molecule has 4 rings (SSSR count). The Bertz CT molecular complexity index is 1050. The van der Waals surface area contributed by atoms with Gasteiger partial charge in [-0.2, -0.15) is 0 Å². The van der Waals surface area contributed by atoms with Crippen LogP contribution in [0.5, 0.6) is 0 Å². The van der Waals surface area contributed by atoms with Crippen LogP contribution >= 0.6 is 11.8 Å². The summed E-state index contributed by atoms with van der Waals surface area (Å²) in [6.07, 6.45) is 2.88. The number of carbonyl (C=O) groups is 1. The van der Waals surface area contributed by atoms with Crippen LogP contribution in [0.1, 0.15) is 22.1 Å². The molecular formula is C18H15N5O3S. The summed E-state index contributed by atoms with van der Waals surface area (Å²) >= 11 is 1.22. The first-order valence-electron chi connectivity index (χ1n) is 8.13. The van der Waals surface area contributed by atoms with Gasteiger partial charge in [0, 0.05) is 36.8 Å². The molecule has 1 aliphatic heterocycles. The standard InChI is InChI=1S/C18H15N5O3S/c1-22-9-8-19-18(22)27-15-7-6-11(10-14(15)23(25)26)16-20-13-5-3-2-4-12(13)17(24)21-16/h2-10,16,20H,1H3,(H,21,24)/t16-/m1/s1. The molecule has 1 aliphatic rings. The maximum Gasteiger partial charge on any atom is 0.283 e. The van der Waals surface area contributed by atoms with Crippen LogP contribution in [0.25, 0.3) is 0 Å². The molecule has 9 heteroatoms. The van der Waals surface area contributed by atoms with Crippen LogP contribution in [-0.4, -0.2) is 20.4 Å². The average molecular weight is 381 g/mol. The Labute approximate surface area is 158 Å². The number of fused-ring (bicyclic) bond motifs is 1. The highest BCUT2D eigenvalue weighted by molar-refractivity contribution is 7.99. The van der Waals surface area contributed by atoms with E-state index in [9.17, 15) is 14.9 Å². The van der Waals surface area contributed by atoms with E-state index in [1.54, 1.807) is 47.3 Å². The summed E-state index contributed by atoms with van der Waals surface area (Å²) in [7, 11) is 1.83. The van der Waals surface area contributed by atoms with Crippen molar-refractivity contribution in [2.24, 2.45) is 7.05 Å². The fourth-order valence-corrected chi connectivity index (χ4v) is 3.75. The van der Waals surface area contributed by atoms with E-state index >= 15 is 0 Å². The highest BCUT2D eigenvalue weighted by Gasteiger charge is 2.26. The first-order chi connectivity index (χ1) is 13.0. The molecule has 2 aromatic carbocycles. The van der Waals surface area contributed by atoms with Gasteiger partial charge in [0.15, 0.2) is 5.16 Å². The summed E-state index contributed by atoms with van der Waals surface area (Å²) in [5.74, 6) is -0.219. The Kier molecular flexibility index (Phi) is 4.28. The van der Waals surface area contributed by atoms with Gasteiger partial charge < -0.3 is 15.2 Å². The van der Waals surface area contributed by atoms with Crippen molar-refractivity contribution in [1.29, 1.82) is 0 Å². The van der Waals surface area contributed by atoms with Crippen molar-refractivity contribution in [3.05, 3.63) is 76.1 Å². The minimum absolute atomic E-state index is 0.0320. The third kappa shape index (κ3) is 3.24. The predicted octanol–water partition coefficient (Wildman–Crippen LogP) is 3.33. The van der Waals surface area contributed by atoms with Crippen LogP contribution in [0, 0.1) is 10.1 Å². The molecule has 0 bridgehead atoms. The molecule has 1 amide bonds. The molecule has 2 N–H and O–H groups in total. The van der Waals surface area contributed by atoms with E-state index in [1.165, 1.54) is 17.8 Å². The Balaban J connectivity index is 1.67. The van der Waals surface area contributed by atoms with Crippen LogP contribution < -0.4 is 10.6 Å². The Morgan fingerprint density at radius 3 is 2.78 bits per heavy atom. The molecule has 1 aromatic heterocycles. The lowest BCUT2D eigenvalue weighted by Gasteiger charge is -2.28. The molecule has 0 saturated heterocycles. The van der Waals surface area contributed by atoms with Gasteiger partial charge in [-0.15, -0.1) is 0 Å². The van der Waals surface area contributed by atoms with Gasteiger partial charge in [0.25, 0.3) is 11.6 Å². The molecule has 3 aromatic rings. The number of benzene rings is 2. The van der Waals surface area contributed by atoms with Crippen molar-refractivity contribution in [1.82, 2.24) is 14.9 Å². The third-order valence-corrected chi connectivity index (χ3v) is 5.38. The Hall–Kier alpha value is -3.33. The first-order valence-corrected chi connectivity index (χ1v) is 8.94. The second-order valence-corrected chi connectivity index (χ2v) is 7.01. The minimum atomic E-state index is -0.543. The van der Waals surface area contributed by atoms with Gasteiger partial charge in [-0.25, -0.2) is 4.98 Å². The predicted molar refractivity (Wildman–Crippen MR) is 101 cm³/mol. The zero-order valence-electron chi connectivity index (χ0n) is 14.2. The van der Waals surface area contributed by atoms with Gasteiger partial charge in [0.05, 0.1) is 15.4 Å². The number of para-hydroxylation sites is 1. The molecule has 0 fully saturated rings. The van der Waals surface area contributed by atoms with E-state index in [1.807, 2.05) is 13.1 Å². The first kappa shape index (κ1) is 17.1. The van der Waals surface area contributed by atoms with E-state index in [4.69, 9.17) is 0 Å². The lowest BCUT2D eigenvalue weighted by atomic mass is 10.1. The SMILES string of the molecule is Cn1ccnc1Sc1ccc([C@H]2NC(=O)c3ccccc3N2)cc1[N+](=O)[O-]. The van der Waals surface area contributed by atoms with Crippen molar-refractivity contribution < 1.29 is 9.72 Å². The number of aryl methyl sites for hydroxylation is 1. The van der Waals surface area contributed by atoms with Crippen LogP contribution in [0.3, 0.4) is 0 Å². The third-order valence-electron chi connectivity index (χ3n) is 4.24. The topological polar surface area (TPSA) is 102 Å². The zero-order valence-corrected chi connectivity index (χ0v) is 15.1. The van der Waals surface area contributed by atoms with E-state index < -0.39 is 11.1 Å². The van der Waals surface area contributed by atoms with Gasteiger partial charge in [-0.1, -0.05) is 18.2 Å². The van der Waals surface area contributed by atoms with E-state index in [0.29, 0.717) is 26.9 Å². The molecule has 0 unspecified atom stereocenters. The molecule has 0 saturated carbocycles. The van der Waals surface area contributed by atoms with Crippen molar-refractivity contribution >= 4 is 29.0 Å². The van der Waals surface area contributed by atoms with Crippen molar-refractivity contribution in [3.63, 3.8) is 0 Å². The summed E-state index contributed by atoms with van der Waals surface area (Å²) in [5, 5.41) is 18.3. The maximum atomic E-state index is 12.3. The van der Waals surface area contributed by atoms with Crippen molar-refractivity contribution in [2.75, 3.05) is 5.32 Å². The molecule has 27 heavy (non-hydrogen) atoms. The largest absolute Gasteiger partial charge is 0.361 e. The van der Waals surface area contributed by atoms with Crippen LogP contribution in [0.15, 0.2) is 64.9 Å². The van der Waals surface area contributed by atoms with Crippen LogP contribution in [-0.2, 0) is 7.05 Å². The summed E-state index contributed by atoms with van der Waals surface area (Å²) < 4.78 is 1.79. The molecule has 2 heterocycles. The van der Waals surface area contributed by atoms with E-state index in [0.717, 1.165) is 0 Å². The number of nitro benzene ring substituents is 1. The number of nitro groups is 1. The fraction of sp³-hybridized carbons (Fsp3) is 0.111. The number of anilines is 1. The Morgan fingerprint density at radius 1 is 1.22 bits per heavy atom. The summed E-state index contributed by atoms with van der Waals surface area (Å²) in [6.45, 7) is 0. The number of amides is 1. The number of imidazole rings is 1. The molecule has 136 valence electrons. The molecule has 0 radical (unpaired) electrons. The average Bonchev–Trinajstić information content (AvgIpc) is 3.06. The van der Waals surface area contributed by atoms with Gasteiger partial charge in [0.1, 0.15) is 6.17 Å². The van der Waals surface area contributed by atoms with Gasteiger partial charge in [-0.05, 0) is 30.0 Å². The molecule has 1 atom stereocenters. The van der Waals surface area contributed by atoms with Crippen LogP contribution in [0.4, 0.5) is 11.4 Å². The fourth-order valence-electron chi connectivity index (χ4n) is 2.87. The number of hydrogen-bond acceptors (Lipinski definition) is 6. The maximum absolute atomic E-state index is 12.3. The van der Waals surface area contributed by atoms with Crippen molar-refractivity contribution in [3.8, 4) is 0 Å². The van der Waals surface area contributed by atoms with Gasteiger partial charge in [0.2, 0.25) is 0 Å². The number of nitrogens with zero attached hydrogens (tertiary/aromatic N) is 3. The second-order valence-electron chi connectivity index (χ2n) is 6.00. The number of carbonyl (C=O) groups excluding carboxylic acids is 1. The molecule has 0 spiro atoms. The molecule has 0 aliphatic carbocycles. The van der Waals surface area contributed by atoms with E-state index in [-0.39, 0.29) is 11.6 Å². The van der Waals surface area contributed by atoms with Crippen molar-refractivity contribution in [2.45, 2.75) is 16.2 Å². The summed E-state index contributed by atoms with van der Waals surface area (Å²) in [4.78, 5) is 28.2. The summed E-state index contributed by atoms with van der Waals surface area (Å²) in [6, 6.07) is 12.1. The minimum Gasteiger partial charge on any atom is -0.361 e. The molecule has 8 nitrogen and oxygen atoms in total. The lowest BCUT2D eigenvalue weighted by molar-refractivity contribution is -0.387. The summed E-state index contributed by atoms with van der Waals surface area (Å²) in [5.41, 5.74) is 1.81. The number of hydrogen-bond donors (Lipinski definition) is 2. The number of nitrogens with one attached hydrogen (secondary N) is 2. The lowest BCUT2D eigenvalue weighted by Crippen LogP contribution is -2.38. The van der Waals surface area contributed by atoms with Crippen LogP contribution in [0.2, 0.25) is 0 Å². The normalized spacial score (nSPS) is 15.6. The molecular weight excluding hydrogens is 366 g/mol. The van der Waals surface area contributed by atoms with Gasteiger partial charge in [-0.3, -0.25) is 14.9 Å². The smallest absolute Gasteiger partial charge is 0.283 e. The second kappa shape index (κ2) is 6.76. The zero-order chi connectivity index (χ0) is 19.0. The van der Waals surface area contributed by atoms with Gasteiger partial charge >= 0.3 is 0 Å². The highest BCUT2D eigenvalue weighted by atomic mass is 32.2. The quantitative estimate of drug-likeness (QED) is 0.531. The number of aromatic nitrogens is 2. The monoisotopic (exact) mass is 381 g/mol.